The minimum absolute atomic E-state index is 0.383. The largest absolute Gasteiger partial charge is 0.497 e. The summed E-state index contributed by atoms with van der Waals surface area (Å²) in [4.78, 5) is 0. The van der Waals surface area contributed by atoms with Crippen molar-refractivity contribution in [1.29, 1.82) is 0 Å². The number of benzene rings is 1. The molecule has 0 amide bonds. The monoisotopic (exact) mass is 270 g/mol. The van der Waals surface area contributed by atoms with Gasteiger partial charge in [-0.3, -0.25) is 0 Å². The van der Waals surface area contributed by atoms with E-state index < -0.39 is 0 Å². The molecule has 0 fully saturated rings. The highest BCUT2D eigenvalue weighted by Crippen LogP contribution is 2.24. The fraction of sp³-hybridized carbons (Fsp3) is 0.333. The predicted octanol–water partition coefficient (Wildman–Crippen LogP) is 2.94. The van der Waals surface area contributed by atoms with E-state index in [1.807, 2.05) is 18.2 Å². The van der Waals surface area contributed by atoms with Crippen LogP contribution in [-0.2, 0) is 6.42 Å². The quantitative estimate of drug-likeness (QED) is 0.834. The zero-order chi connectivity index (χ0) is 11.3. The normalized spacial score (nSPS) is 12.2. The molecule has 0 aliphatic carbocycles. The first kappa shape index (κ1) is 12.3. The summed E-state index contributed by atoms with van der Waals surface area (Å²) in [5.74, 6) is 0.805. The fourth-order valence-corrected chi connectivity index (χ4v) is 1.77. The van der Waals surface area contributed by atoms with Gasteiger partial charge in [-0.25, -0.2) is 0 Å². The number of halogens is 1. The van der Waals surface area contributed by atoms with Gasteiger partial charge in [0.05, 0.1) is 13.2 Å². The molecule has 1 unspecified atom stereocenters. The number of rotatable bonds is 5. The van der Waals surface area contributed by atoms with Crippen LogP contribution in [0.4, 0.5) is 0 Å². The van der Waals surface area contributed by atoms with Gasteiger partial charge in [0.1, 0.15) is 5.75 Å². The van der Waals surface area contributed by atoms with E-state index in [2.05, 4.69) is 22.5 Å². The highest BCUT2D eigenvalue weighted by atomic mass is 79.9. The van der Waals surface area contributed by atoms with E-state index in [9.17, 15) is 5.11 Å². The maximum Gasteiger partial charge on any atom is 0.119 e. The third-order valence-electron chi connectivity index (χ3n) is 2.15. The van der Waals surface area contributed by atoms with E-state index in [-0.39, 0.29) is 6.10 Å². The van der Waals surface area contributed by atoms with Gasteiger partial charge >= 0.3 is 0 Å². The first-order valence-corrected chi connectivity index (χ1v) is 5.58. The van der Waals surface area contributed by atoms with Crippen molar-refractivity contribution >= 4 is 15.9 Å². The van der Waals surface area contributed by atoms with Crippen molar-refractivity contribution in [3.8, 4) is 5.75 Å². The Bertz CT molecular complexity index is 336. The van der Waals surface area contributed by atoms with Gasteiger partial charge in [-0.2, -0.15) is 0 Å². The second-order valence-corrected chi connectivity index (χ2v) is 4.19. The average Bonchev–Trinajstić information content (AvgIpc) is 2.21. The van der Waals surface area contributed by atoms with Crippen LogP contribution in [0.15, 0.2) is 35.3 Å². The molecule has 0 aromatic heterocycles. The van der Waals surface area contributed by atoms with E-state index in [4.69, 9.17) is 4.74 Å². The van der Waals surface area contributed by atoms with Crippen LogP contribution >= 0.6 is 15.9 Å². The Labute approximate surface area is 98.7 Å². The average molecular weight is 271 g/mol. The number of hydrogen-bond donors (Lipinski definition) is 1. The van der Waals surface area contributed by atoms with Crippen LogP contribution in [0.1, 0.15) is 12.0 Å². The summed E-state index contributed by atoms with van der Waals surface area (Å²) < 4.78 is 6.12. The molecule has 0 radical (unpaired) electrons. The molecule has 0 saturated heterocycles. The molecule has 1 atom stereocenters. The molecule has 0 saturated carbocycles. The number of hydrogen-bond acceptors (Lipinski definition) is 2. The Balaban J connectivity index is 2.78. The third-order valence-corrected chi connectivity index (χ3v) is 2.92. The van der Waals surface area contributed by atoms with Gasteiger partial charge in [-0.1, -0.05) is 22.0 Å². The Morgan fingerprint density at radius 1 is 1.60 bits per heavy atom. The predicted molar refractivity (Wildman–Crippen MR) is 65.2 cm³/mol. The molecule has 82 valence electrons. The van der Waals surface area contributed by atoms with Crippen LogP contribution < -0.4 is 4.74 Å². The van der Waals surface area contributed by atoms with Crippen LogP contribution in [0.25, 0.3) is 0 Å². The van der Waals surface area contributed by atoms with Gasteiger partial charge in [0.25, 0.3) is 0 Å². The van der Waals surface area contributed by atoms with Crippen LogP contribution in [-0.4, -0.2) is 18.3 Å². The SMILES string of the molecule is C=CCC(O)Cc1cc(OC)ccc1Br. The first-order valence-electron chi connectivity index (χ1n) is 4.78. The van der Waals surface area contributed by atoms with Gasteiger partial charge in [0, 0.05) is 4.47 Å². The lowest BCUT2D eigenvalue weighted by atomic mass is 10.1. The summed E-state index contributed by atoms with van der Waals surface area (Å²) in [6, 6.07) is 5.73. The summed E-state index contributed by atoms with van der Waals surface area (Å²) in [6.07, 6.45) is 2.54. The maximum absolute atomic E-state index is 9.66. The Morgan fingerprint density at radius 2 is 2.33 bits per heavy atom. The zero-order valence-electron chi connectivity index (χ0n) is 8.74. The third kappa shape index (κ3) is 3.68. The van der Waals surface area contributed by atoms with Crippen molar-refractivity contribution in [3.63, 3.8) is 0 Å². The van der Waals surface area contributed by atoms with Crippen molar-refractivity contribution in [3.05, 3.63) is 40.9 Å². The van der Waals surface area contributed by atoms with E-state index in [0.717, 1.165) is 15.8 Å². The van der Waals surface area contributed by atoms with Gasteiger partial charge in [-0.05, 0) is 36.6 Å². The van der Waals surface area contributed by atoms with Crippen LogP contribution in [0.3, 0.4) is 0 Å². The lowest BCUT2D eigenvalue weighted by Gasteiger charge is -2.11. The molecule has 1 N–H and O–H groups in total. The molecule has 1 aromatic carbocycles. The number of aliphatic hydroxyl groups excluding tert-OH is 1. The summed E-state index contributed by atoms with van der Waals surface area (Å²) >= 11 is 3.45. The van der Waals surface area contributed by atoms with Crippen molar-refractivity contribution in [2.45, 2.75) is 18.9 Å². The molecule has 1 rings (SSSR count). The number of ether oxygens (including phenoxy) is 1. The van der Waals surface area contributed by atoms with Crippen molar-refractivity contribution < 1.29 is 9.84 Å². The smallest absolute Gasteiger partial charge is 0.119 e. The number of aliphatic hydroxyl groups is 1. The summed E-state index contributed by atoms with van der Waals surface area (Å²) in [6.45, 7) is 3.60. The standard InChI is InChI=1S/C12H15BrO2/c1-3-4-10(14)7-9-8-11(15-2)5-6-12(9)13/h3,5-6,8,10,14H,1,4,7H2,2H3. The Morgan fingerprint density at radius 3 is 2.93 bits per heavy atom. The van der Waals surface area contributed by atoms with Crippen molar-refractivity contribution in [2.24, 2.45) is 0 Å². The van der Waals surface area contributed by atoms with Gasteiger partial charge < -0.3 is 9.84 Å². The highest BCUT2D eigenvalue weighted by Gasteiger charge is 2.07. The molecule has 0 aliphatic rings. The van der Waals surface area contributed by atoms with Crippen LogP contribution in [0.2, 0.25) is 0 Å². The molecule has 0 aliphatic heterocycles. The lowest BCUT2D eigenvalue weighted by molar-refractivity contribution is 0.178. The van der Waals surface area contributed by atoms with Crippen molar-refractivity contribution in [1.82, 2.24) is 0 Å². The van der Waals surface area contributed by atoms with Crippen LogP contribution in [0, 0.1) is 0 Å². The first-order chi connectivity index (χ1) is 7.17. The van der Waals surface area contributed by atoms with Gasteiger partial charge in [0.15, 0.2) is 0 Å². The molecule has 0 spiro atoms. The molecule has 15 heavy (non-hydrogen) atoms. The second-order valence-electron chi connectivity index (χ2n) is 3.34. The van der Waals surface area contributed by atoms with Crippen molar-refractivity contribution in [2.75, 3.05) is 7.11 Å². The summed E-state index contributed by atoms with van der Waals surface area (Å²) in [5.41, 5.74) is 1.05. The lowest BCUT2D eigenvalue weighted by Crippen LogP contribution is -2.09. The fourth-order valence-electron chi connectivity index (χ4n) is 1.36. The molecule has 0 bridgehead atoms. The van der Waals surface area contributed by atoms with E-state index in [1.165, 1.54) is 0 Å². The Hall–Kier alpha value is -0.800. The van der Waals surface area contributed by atoms with E-state index >= 15 is 0 Å². The zero-order valence-corrected chi connectivity index (χ0v) is 10.3. The molecule has 1 aromatic rings. The molecule has 2 nitrogen and oxygen atoms in total. The minimum Gasteiger partial charge on any atom is -0.497 e. The number of methoxy groups -OCH3 is 1. The molecule has 0 heterocycles. The van der Waals surface area contributed by atoms with Crippen LogP contribution in [0.5, 0.6) is 5.75 Å². The topological polar surface area (TPSA) is 29.5 Å². The van der Waals surface area contributed by atoms with E-state index in [1.54, 1.807) is 13.2 Å². The molecule has 3 heteroatoms. The highest BCUT2D eigenvalue weighted by molar-refractivity contribution is 9.10. The second kappa shape index (κ2) is 5.93. The molecular formula is C12H15BrO2. The van der Waals surface area contributed by atoms with Gasteiger partial charge in [0.2, 0.25) is 0 Å². The van der Waals surface area contributed by atoms with Gasteiger partial charge in [-0.15, -0.1) is 6.58 Å². The maximum atomic E-state index is 9.66. The summed E-state index contributed by atoms with van der Waals surface area (Å²) in [7, 11) is 1.63. The van der Waals surface area contributed by atoms with E-state index in [0.29, 0.717) is 12.8 Å². The summed E-state index contributed by atoms with van der Waals surface area (Å²) in [5, 5.41) is 9.66. The minimum atomic E-state index is -0.383. The molecular weight excluding hydrogens is 256 g/mol. The Kier molecular flexibility index (Phi) is 4.85.